The highest BCUT2D eigenvalue weighted by Gasteiger charge is 2.38. The molecule has 2 atom stereocenters. The number of rotatable bonds is 7. The van der Waals surface area contributed by atoms with Crippen molar-refractivity contribution in [3.05, 3.63) is 0 Å². The predicted molar refractivity (Wildman–Crippen MR) is 82.4 cm³/mol. The van der Waals surface area contributed by atoms with E-state index < -0.39 is 0 Å². The zero-order valence-electron chi connectivity index (χ0n) is 13.7. The summed E-state index contributed by atoms with van der Waals surface area (Å²) < 4.78 is 5.55. The van der Waals surface area contributed by atoms with Gasteiger partial charge in [-0.1, -0.05) is 26.7 Å². The second-order valence-corrected chi connectivity index (χ2v) is 6.92. The molecule has 0 heterocycles. The Morgan fingerprint density at radius 1 is 1.42 bits per heavy atom. The summed E-state index contributed by atoms with van der Waals surface area (Å²) in [6.07, 6.45) is 6.26. The van der Waals surface area contributed by atoms with Crippen molar-refractivity contribution in [2.75, 3.05) is 26.7 Å². The third kappa shape index (κ3) is 4.44. The molecule has 0 spiro atoms. The highest BCUT2D eigenvalue weighted by Crippen LogP contribution is 2.36. The van der Waals surface area contributed by atoms with Crippen molar-refractivity contribution in [1.82, 2.24) is 4.90 Å². The molecule has 3 heteroatoms. The first-order chi connectivity index (χ1) is 8.89. The first kappa shape index (κ1) is 16.9. The molecule has 0 aromatic heterocycles. The summed E-state index contributed by atoms with van der Waals surface area (Å²) in [7, 11) is 1.80. The van der Waals surface area contributed by atoms with Gasteiger partial charge in [0.2, 0.25) is 0 Å². The molecule has 2 N–H and O–H groups in total. The predicted octanol–water partition coefficient (Wildman–Crippen LogP) is 3.03. The maximum atomic E-state index is 6.18. The smallest absolute Gasteiger partial charge is 0.0634 e. The van der Waals surface area contributed by atoms with Gasteiger partial charge in [-0.25, -0.2) is 0 Å². The van der Waals surface area contributed by atoms with E-state index in [-0.39, 0.29) is 11.1 Å². The first-order valence-corrected chi connectivity index (χ1v) is 7.89. The molecule has 2 unspecified atom stereocenters. The quantitative estimate of drug-likeness (QED) is 0.773. The molecule has 1 aliphatic carbocycles. The monoisotopic (exact) mass is 270 g/mol. The van der Waals surface area contributed by atoms with Crippen LogP contribution in [0, 0.1) is 5.92 Å². The maximum Gasteiger partial charge on any atom is 0.0634 e. The third-order valence-corrected chi connectivity index (χ3v) is 5.04. The van der Waals surface area contributed by atoms with Gasteiger partial charge in [-0.05, 0) is 45.6 Å². The van der Waals surface area contributed by atoms with Gasteiger partial charge in [0, 0.05) is 25.7 Å². The van der Waals surface area contributed by atoms with Crippen LogP contribution in [0.25, 0.3) is 0 Å². The van der Waals surface area contributed by atoms with Gasteiger partial charge in [-0.15, -0.1) is 0 Å². The number of hydrogen-bond acceptors (Lipinski definition) is 3. The van der Waals surface area contributed by atoms with E-state index in [0.29, 0.717) is 0 Å². The number of nitrogens with zero attached hydrogens (tertiary/aromatic N) is 1. The summed E-state index contributed by atoms with van der Waals surface area (Å²) in [6, 6.07) is 0. The lowest BCUT2D eigenvalue weighted by Crippen LogP contribution is -2.57. The number of methoxy groups -OCH3 is 1. The van der Waals surface area contributed by atoms with E-state index in [4.69, 9.17) is 10.5 Å². The molecule has 0 aromatic rings. The van der Waals surface area contributed by atoms with E-state index in [0.717, 1.165) is 32.0 Å². The fourth-order valence-electron chi connectivity index (χ4n) is 3.47. The Bertz CT molecular complexity index is 267. The molecule has 3 nitrogen and oxygen atoms in total. The van der Waals surface area contributed by atoms with Gasteiger partial charge in [0.1, 0.15) is 0 Å². The van der Waals surface area contributed by atoms with E-state index >= 15 is 0 Å². The van der Waals surface area contributed by atoms with E-state index in [1.807, 2.05) is 0 Å². The Hall–Kier alpha value is -0.120. The number of hydrogen-bond donors (Lipinski definition) is 1. The normalized spacial score (nSPS) is 28.9. The van der Waals surface area contributed by atoms with Gasteiger partial charge in [-0.3, -0.25) is 4.90 Å². The minimum absolute atomic E-state index is 0.0382. The lowest BCUT2D eigenvalue weighted by molar-refractivity contribution is -0.0152. The van der Waals surface area contributed by atoms with Crippen LogP contribution in [0.15, 0.2) is 0 Å². The van der Waals surface area contributed by atoms with E-state index in [2.05, 4.69) is 32.6 Å². The van der Waals surface area contributed by atoms with Crippen LogP contribution >= 0.6 is 0 Å². The second kappa shape index (κ2) is 7.05. The second-order valence-electron chi connectivity index (χ2n) is 6.92. The molecule has 114 valence electrons. The molecule has 0 amide bonds. The molecule has 19 heavy (non-hydrogen) atoms. The highest BCUT2D eigenvalue weighted by molar-refractivity contribution is 4.96. The summed E-state index contributed by atoms with van der Waals surface area (Å²) >= 11 is 0. The van der Waals surface area contributed by atoms with Gasteiger partial charge in [0.15, 0.2) is 0 Å². The van der Waals surface area contributed by atoms with Gasteiger partial charge in [0.05, 0.1) is 5.60 Å². The zero-order valence-corrected chi connectivity index (χ0v) is 13.7. The topological polar surface area (TPSA) is 38.5 Å². The standard InChI is InChI=1S/C16H34N2O/c1-6-18(11-10-15(3,4)19-5)16(13-17)9-7-8-14(2)12-16/h14H,6-13,17H2,1-5H3. The van der Waals surface area contributed by atoms with Crippen molar-refractivity contribution >= 4 is 0 Å². The lowest BCUT2D eigenvalue weighted by Gasteiger charge is -2.48. The van der Waals surface area contributed by atoms with Crippen LogP contribution in [0.2, 0.25) is 0 Å². The lowest BCUT2D eigenvalue weighted by atomic mass is 9.75. The molecule has 0 aliphatic heterocycles. The average molecular weight is 270 g/mol. The number of ether oxygens (including phenoxy) is 1. The number of likely N-dealkylation sites (N-methyl/N-ethyl adjacent to an activating group) is 1. The van der Waals surface area contributed by atoms with Crippen molar-refractivity contribution in [1.29, 1.82) is 0 Å². The van der Waals surface area contributed by atoms with Gasteiger partial charge in [0.25, 0.3) is 0 Å². The van der Waals surface area contributed by atoms with Crippen LogP contribution in [-0.4, -0.2) is 42.8 Å². The minimum Gasteiger partial charge on any atom is -0.379 e. The Labute approximate surface area is 119 Å². The Morgan fingerprint density at radius 3 is 2.58 bits per heavy atom. The highest BCUT2D eigenvalue weighted by atomic mass is 16.5. The van der Waals surface area contributed by atoms with Crippen LogP contribution in [-0.2, 0) is 4.74 Å². The molecule has 1 fully saturated rings. The van der Waals surface area contributed by atoms with Crippen molar-refractivity contribution in [3.63, 3.8) is 0 Å². The van der Waals surface area contributed by atoms with Crippen LogP contribution in [0.1, 0.15) is 59.8 Å². The fraction of sp³-hybridized carbons (Fsp3) is 1.00. The fourth-order valence-corrected chi connectivity index (χ4v) is 3.47. The van der Waals surface area contributed by atoms with E-state index in [1.54, 1.807) is 7.11 Å². The molecule has 0 saturated heterocycles. The van der Waals surface area contributed by atoms with Crippen LogP contribution in [0.4, 0.5) is 0 Å². The van der Waals surface area contributed by atoms with Crippen LogP contribution in [0.3, 0.4) is 0 Å². The van der Waals surface area contributed by atoms with Gasteiger partial charge in [-0.2, -0.15) is 0 Å². The average Bonchev–Trinajstić information content (AvgIpc) is 2.39. The molecule has 0 radical (unpaired) electrons. The Morgan fingerprint density at radius 2 is 2.11 bits per heavy atom. The summed E-state index contributed by atoms with van der Waals surface area (Å²) in [5.74, 6) is 0.807. The van der Waals surface area contributed by atoms with Crippen molar-refractivity contribution in [2.45, 2.75) is 70.9 Å². The van der Waals surface area contributed by atoms with Crippen molar-refractivity contribution in [3.8, 4) is 0 Å². The molecule has 1 saturated carbocycles. The number of nitrogens with two attached hydrogens (primary N) is 1. The summed E-state index contributed by atoms with van der Waals surface area (Å²) in [4.78, 5) is 2.61. The van der Waals surface area contributed by atoms with Gasteiger partial charge >= 0.3 is 0 Å². The van der Waals surface area contributed by atoms with Crippen molar-refractivity contribution in [2.24, 2.45) is 11.7 Å². The van der Waals surface area contributed by atoms with Crippen LogP contribution in [0.5, 0.6) is 0 Å². The van der Waals surface area contributed by atoms with Gasteiger partial charge < -0.3 is 10.5 Å². The molecule has 1 aliphatic rings. The Balaban J connectivity index is 2.70. The molecule has 1 rings (SSSR count). The summed E-state index contributed by atoms with van der Waals surface area (Å²) in [6.45, 7) is 11.9. The third-order valence-electron chi connectivity index (χ3n) is 5.04. The first-order valence-electron chi connectivity index (χ1n) is 7.89. The minimum atomic E-state index is -0.0382. The molecule has 0 bridgehead atoms. The van der Waals surface area contributed by atoms with E-state index in [9.17, 15) is 0 Å². The summed E-state index contributed by atoms with van der Waals surface area (Å²) in [5.41, 5.74) is 6.37. The molecular formula is C16H34N2O. The SMILES string of the molecule is CCN(CCC(C)(C)OC)C1(CN)CCCC(C)C1. The maximum absolute atomic E-state index is 6.18. The molecular weight excluding hydrogens is 236 g/mol. The summed E-state index contributed by atoms with van der Waals surface area (Å²) in [5, 5.41) is 0. The van der Waals surface area contributed by atoms with E-state index in [1.165, 1.54) is 25.7 Å². The zero-order chi connectivity index (χ0) is 14.5. The Kier molecular flexibility index (Phi) is 6.28. The van der Waals surface area contributed by atoms with Crippen molar-refractivity contribution < 1.29 is 4.74 Å². The largest absolute Gasteiger partial charge is 0.379 e. The van der Waals surface area contributed by atoms with Crippen LogP contribution < -0.4 is 5.73 Å². The molecule has 0 aromatic carbocycles.